The van der Waals surface area contributed by atoms with Crippen molar-refractivity contribution in [3.8, 4) is 17.2 Å². The molecule has 1 atom stereocenters. The number of hydrazone groups is 1. The largest absolute Gasteiger partial charge is 0.497 e. The van der Waals surface area contributed by atoms with Gasteiger partial charge in [-0.25, -0.2) is 10.2 Å². The molecule has 0 unspecified atom stereocenters. The van der Waals surface area contributed by atoms with Gasteiger partial charge in [0.2, 0.25) is 0 Å². The number of hydrogen-bond donors (Lipinski definition) is 1. The summed E-state index contributed by atoms with van der Waals surface area (Å²) in [5, 5.41) is 4.70. The van der Waals surface area contributed by atoms with Crippen LogP contribution in [0.25, 0.3) is 0 Å². The van der Waals surface area contributed by atoms with Gasteiger partial charge in [0.1, 0.15) is 17.2 Å². The summed E-state index contributed by atoms with van der Waals surface area (Å²) in [5.41, 5.74) is 3.21. The van der Waals surface area contributed by atoms with Gasteiger partial charge in [0.15, 0.2) is 6.10 Å². The van der Waals surface area contributed by atoms with Crippen molar-refractivity contribution in [1.29, 1.82) is 0 Å². The zero-order valence-electron chi connectivity index (χ0n) is 18.1. The van der Waals surface area contributed by atoms with Crippen LogP contribution < -0.4 is 19.6 Å². The van der Waals surface area contributed by atoms with E-state index in [2.05, 4.69) is 26.5 Å². The van der Waals surface area contributed by atoms with Crippen LogP contribution in [0, 0.1) is 0 Å². The number of halogens is 3. The van der Waals surface area contributed by atoms with Crippen LogP contribution in [0.1, 0.15) is 22.8 Å². The normalized spacial score (nSPS) is 11.7. The number of benzene rings is 3. The zero-order chi connectivity index (χ0) is 24.7. The maximum absolute atomic E-state index is 12.5. The van der Waals surface area contributed by atoms with Crippen LogP contribution in [-0.4, -0.2) is 31.3 Å². The number of ether oxygens (including phenoxy) is 3. The molecule has 3 rings (SSSR count). The molecule has 0 aliphatic carbocycles. The first kappa shape index (κ1) is 25.6. The number of nitrogens with zero attached hydrogens (tertiary/aromatic N) is 1. The number of esters is 1. The number of carbonyl (C=O) groups is 2. The lowest BCUT2D eigenvalue weighted by atomic mass is 10.2. The topological polar surface area (TPSA) is 86.2 Å². The van der Waals surface area contributed by atoms with Gasteiger partial charge >= 0.3 is 5.97 Å². The van der Waals surface area contributed by atoms with Crippen molar-refractivity contribution in [3.63, 3.8) is 0 Å². The summed E-state index contributed by atoms with van der Waals surface area (Å²) in [5.74, 6) is 0.150. The molecule has 0 saturated carbocycles. The second kappa shape index (κ2) is 11.9. The molecule has 176 valence electrons. The molecule has 10 heteroatoms. The van der Waals surface area contributed by atoms with Crippen molar-refractivity contribution in [1.82, 2.24) is 5.43 Å². The van der Waals surface area contributed by atoms with Gasteiger partial charge in [-0.05, 0) is 67.6 Å². The Balaban J connectivity index is 1.66. The summed E-state index contributed by atoms with van der Waals surface area (Å²) >= 11 is 15.3. The Morgan fingerprint density at radius 2 is 1.74 bits per heavy atom. The lowest BCUT2D eigenvalue weighted by molar-refractivity contribution is -0.127. The summed E-state index contributed by atoms with van der Waals surface area (Å²) < 4.78 is 16.9. The maximum atomic E-state index is 12.5. The Morgan fingerprint density at radius 1 is 1.03 bits per heavy atom. The molecule has 0 bridgehead atoms. The van der Waals surface area contributed by atoms with E-state index in [1.165, 1.54) is 12.3 Å². The summed E-state index contributed by atoms with van der Waals surface area (Å²) in [6, 6.07) is 16.2. The summed E-state index contributed by atoms with van der Waals surface area (Å²) in [7, 11) is 1.54. The Morgan fingerprint density at radius 3 is 2.41 bits per heavy atom. The second-order valence-electron chi connectivity index (χ2n) is 6.87. The molecule has 34 heavy (non-hydrogen) atoms. The first-order valence-electron chi connectivity index (χ1n) is 9.87. The number of carbonyl (C=O) groups excluding carboxylic acids is 2. The van der Waals surface area contributed by atoms with Gasteiger partial charge in [-0.2, -0.15) is 5.10 Å². The van der Waals surface area contributed by atoms with Crippen molar-refractivity contribution < 1.29 is 23.8 Å². The Labute approximate surface area is 214 Å². The predicted octanol–water partition coefficient (Wildman–Crippen LogP) is 5.90. The van der Waals surface area contributed by atoms with Crippen molar-refractivity contribution in [2.75, 3.05) is 7.11 Å². The maximum Gasteiger partial charge on any atom is 0.343 e. The van der Waals surface area contributed by atoms with Crippen LogP contribution >= 0.6 is 39.1 Å². The molecule has 1 amide bonds. The first-order chi connectivity index (χ1) is 16.3. The highest BCUT2D eigenvalue weighted by atomic mass is 79.9. The lowest BCUT2D eigenvalue weighted by Gasteiger charge is -2.14. The molecule has 7 nitrogen and oxygen atoms in total. The van der Waals surface area contributed by atoms with Gasteiger partial charge in [-0.15, -0.1) is 0 Å². The molecule has 0 fully saturated rings. The van der Waals surface area contributed by atoms with Crippen molar-refractivity contribution in [3.05, 3.63) is 86.3 Å². The Bertz CT molecular complexity index is 1220. The number of hydrogen-bond acceptors (Lipinski definition) is 6. The van der Waals surface area contributed by atoms with E-state index in [1.54, 1.807) is 68.6 Å². The van der Waals surface area contributed by atoms with Crippen LogP contribution in [0.2, 0.25) is 10.0 Å². The summed E-state index contributed by atoms with van der Waals surface area (Å²) in [6.45, 7) is 1.55. The Kier molecular flexibility index (Phi) is 8.92. The molecular weight excluding hydrogens is 547 g/mol. The number of methoxy groups -OCH3 is 1. The van der Waals surface area contributed by atoms with Crippen molar-refractivity contribution in [2.24, 2.45) is 5.10 Å². The fourth-order valence-corrected chi connectivity index (χ4v) is 3.50. The molecule has 0 radical (unpaired) electrons. The highest BCUT2D eigenvalue weighted by Gasteiger charge is 2.16. The molecule has 0 aliphatic rings. The molecule has 0 spiro atoms. The van der Waals surface area contributed by atoms with E-state index >= 15 is 0 Å². The molecule has 3 aromatic carbocycles. The van der Waals surface area contributed by atoms with Gasteiger partial charge in [0.05, 0.1) is 23.9 Å². The minimum absolute atomic E-state index is 0.263. The Hall–Kier alpha value is -3.07. The number of amides is 1. The predicted molar refractivity (Wildman–Crippen MR) is 134 cm³/mol. The third kappa shape index (κ3) is 6.96. The first-order valence-corrected chi connectivity index (χ1v) is 11.4. The average molecular weight is 566 g/mol. The van der Waals surface area contributed by atoms with Gasteiger partial charge in [-0.1, -0.05) is 39.1 Å². The van der Waals surface area contributed by atoms with Crippen molar-refractivity contribution >= 4 is 57.2 Å². The zero-order valence-corrected chi connectivity index (χ0v) is 21.1. The molecular formula is C24H19BrCl2N2O5. The summed E-state index contributed by atoms with van der Waals surface area (Å²) in [6.07, 6.45) is 0.479. The molecule has 0 heterocycles. The van der Waals surface area contributed by atoms with Crippen LogP contribution in [0.15, 0.2) is 70.2 Å². The SMILES string of the molecule is COc1ccc(C(=O)Oc2ccc(Br)cc2/C=N\NC(=O)[C@@H](C)Oc2ccc(Cl)cc2Cl)cc1. The smallest absolute Gasteiger partial charge is 0.343 e. The van der Waals surface area contributed by atoms with E-state index in [0.717, 1.165) is 4.47 Å². The molecule has 1 N–H and O–H groups in total. The fourth-order valence-electron chi connectivity index (χ4n) is 2.67. The number of rotatable bonds is 8. The van der Waals surface area contributed by atoms with E-state index in [9.17, 15) is 9.59 Å². The van der Waals surface area contributed by atoms with E-state index in [4.69, 9.17) is 37.4 Å². The third-order valence-electron chi connectivity index (χ3n) is 4.45. The van der Waals surface area contributed by atoms with E-state index in [0.29, 0.717) is 27.6 Å². The van der Waals surface area contributed by atoms with E-state index in [-0.39, 0.29) is 10.8 Å². The molecule has 0 aliphatic heterocycles. The minimum atomic E-state index is -0.884. The standard InChI is InChI=1S/C24H19BrCl2N2O5/c1-14(33-22-10-6-18(26)12-20(22)27)23(30)29-28-13-16-11-17(25)5-9-21(16)34-24(31)15-3-7-19(32-2)8-4-15/h3-14H,1-2H3,(H,29,30)/b28-13-/t14-/m1/s1. The van der Waals surface area contributed by atoms with Crippen LogP contribution in [0.3, 0.4) is 0 Å². The monoisotopic (exact) mass is 564 g/mol. The quantitative estimate of drug-likeness (QED) is 0.159. The molecule has 0 saturated heterocycles. The van der Waals surface area contributed by atoms with Gasteiger partial charge in [-0.3, -0.25) is 4.79 Å². The van der Waals surface area contributed by atoms with Crippen LogP contribution in [0.5, 0.6) is 17.2 Å². The highest BCUT2D eigenvalue weighted by Crippen LogP contribution is 2.28. The number of nitrogens with one attached hydrogen (secondary N) is 1. The molecule has 0 aromatic heterocycles. The van der Waals surface area contributed by atoms with Crippen molar-refractivity contribution in [2.45, 2.75) is 13.0 Å². The highest BCUT2D eigenvalue weighted by molar-refractivity contribution is 9.10. The lowest BCUT2D eigenvalue weighted by Crippen LogP contribution is -2.33. The van der Waals surface area contributed by atoms with Gasteiger partial charge < -0.3 is 14.2 Å². The van der Waals surface area contributed by atoms with Gasteiger partial charge in [0.25, 0.3) is 5.91 Å². The minimum Gasteiger partial charge on any atom is -0.497 e. The van der Waals surface area contributed by atoms with Crippen LogP contribution in [0.4, 0.5) is 0 Å². The van der Waals surface area contributed by atoms with Crippen LogP contribution in [-0.2, 0) is 4.79 Å². The van der Waals surface area contributed by atoms with Gasteiger partial charge in [0, 0.05) is 15.1 Å². The molecule has 3 aromatic rings. The van der Waals surface area contributed by atoms with E-state index < -0.39 is 18.0 Å². The second-order valence-corrected chi connectivity index (χ2v) is 8.63. The third-order valence-corrected chi connectivity index (χ3v) is 5.47. The van der Waals surface area contributed by atoms with E-state index in [1.807, 2.05) is 0 Å². The summed E-state index contributed by atoms with van der Waals surface area (Å²) in [4.78, 5) is 24.9. The fraction of sp³-hybridized carbons (Fsp3) is 0.125. The average Bonchev–Trinajstić information content (AvgIpc) is 2.82.